The van der Waals surface area contributed by atoms with Crippen LogP contribution in [0, 0.1) is 17.2 Å². The Morgan fingerprint density at radius 1 is 1.59 bits per heavy atom. The first-order valence-corrected chi connectivity index (χ1v) is 5.26. The van der Waals surface area contributed by atoms with E-state index in [1.807, 2.05) is 0 Å². The molecule has 1 fully saturated rings. The van der Waals surface area contributed by atoms with Crippen LogP contribution in [-0.2, 0) is 4.79 Å². The van der Waals surface area contributed by atoms with Crippen LogP contribution in [0.2, 0.25) is 0 Å². The van der Waals surface area contributed by atoms with E-state index in [9.17, 15) is 18.0 Å². The molecule has 0 amide bonds. The van der Waals surface area contributed by atoms with Crippen molar-refractivity contribution >= 4 is 5.97 Å². The molecule has 4 nitrogen and oxygen atoms in total. The summed E-state index contributed by atoms with van der Waals surface area (Å²) in [7, 11) is 0. The van der Waals surface area contributed by atoms with Crippen LogP contribution in [0.1, 0.15) is 19.3 Å². The summed E-state index contributed by atoms with van der Waals surface area (Å²) in [5.41, 5.74) is 0. The van der Waals surface area contributed by atoms with Crippen LogP contribution in [0.25, 0.3) is 0 Å². The molecule has 0 aliphatic carbocycles. The molecule has 1 rings (SSSR count). The summed E-state index contributed by atoms with van der Waals surface area (Å²) < 4.78 is 37.2. The summed E-state index contributed by atoms with van der Waals surface area (Å²) in [5.74, 6) is -3.07. The molecule has 0 saturated carbocycles. The minimum absolute atomic E-state index is 0.171. The zero-order chi connectivity index (χ0) is 13.1. The molecule has 0 aromatic rings. The molecule has 96 valence electrons. The van der Waals surface area contributed by atoms with Gasteiger partial charge in [-0.25, -0.2) is 0 Å². The number of likely N-dealkylation sites (tertiary alicyclic amines) is 1. The Balaban J connectivity index is 2.61. The highest BCUT2D eigenvalue weighted by atomic mass is 19.4. The molecule has 1 heterocycles. The van der Waals surface area contributed by atoms with E-state index in [2.05, 4.69) is 0 Å². The van der Waals surface area contributed by atoms with Crippen molar-refractivity contribution in [2.24, 2.45) is 5.92 Å². The first kappa shape index (κ1) is 13.8. The van der Waals surface area contributed by atoms with Gasteiger partial charge in [-0.05, 0) is 19.4 Å². The van der Waals surface area contributed by atoms with Crippen LogP contribution in [0.3, 0.4) is 0 Å². The number of carbonyl (C=O) groups is 1. The van der Waals surface area contributed by atoms with Crippen molar-refractivity contribution in [2.75, 3.05) is 13.1 Å². The van der Waals surface area contributed by atoms with Crippen molar-refractivity contribution < 1.29 is 23.1 Å². The Morgan fingerprint density at radius 3 is 2.71 bits per heavy atom. The Bertz CT molecular complexity index is 324. The molecule has 1 saturated heterocycles. The zero-order valence-electron chi connectivity index (χ0n) is 9.07. The third-order valence-electron chi connectivity index (χ3n) is 2.88. The first-order valence-electron chi connectivity index (χ1n) is 5.26. The number of hydrogen-bond donors (Lipinski definition) is 1. The van der Waals surface area contributed by atoms with Gasteiger partial charge in [0.05, 0.1) is 12.5 Å². The van der Waals surface area contributed by atoms with Crippen LogP contribution < -0.4 is 0 Å². The van der Waals surface area contributed by atoms with Gasteiger partial charge in [0, 0.05) is 12.6 Å². The maximum Gasteiger partial charge on any atom is 0.405 e. The molecule has 2 unspecified atom stereocenters. The summed E-state index contributed by atoms with van der Waals surface area (Å²) >= 11 is 0. The quantitative estimate of drug-likeness (QED) is 0.823. The lowest BCUT2D eigenvalue weighted by Gasteiger charge is -2.26. The van der Waals surface area contributed by atoms with E-state index >= 15 is 0 Å². The lowest BCUT2D eigenvalue weighted by atomic mass is 10.1. The maximum atomic E-state index is 12.4. The molecule has 7 heteroatoms. The minimum Gasteiger partial charge on any atom is -0.481 e. The van der Waals surface area contributed by atoms with E-state index < -0.39 is 24.6 Å². The number of nitriles is 1. The number of hydrogen-bond acceptors (Lipinski definition) is 3. The summed E-state index contributed by atoms with van der Waals surface area (Å²) in [4.78, 5) is 12.0. The van der Waals surface area contributed by atoms with E-state index in [1.54, 1.807) is 0 Å². The summed E-state index contributed by atoms with van der Waals surface area (Å²) in [5, 5.41) is 17.1. The molecule has 1 aliphatic rings. The third kappa shape index (κ3) is 3.89. The van der Waals surface area contributed by atoms with Crippen molar-refractivity contribution in [3.05, 3.63) is 0 Å². The molecule has 1 N–H and O–H groups in total. The Morgan fingerprint density at radius 2 is 2.24 bits per heavy atom. The number of rotatable bonds is 4. The summed E-state index contributed by atoms with van der Waals surface area (Å²) in [6.07, 6.45) is -3.47. The Labute approximate surface area is 96.6 Å². The predicted molar refractivity (Wildman–Crippen MR) is 52.0 cm³/mol. The van der Waals surface area contributed by atoms with Crippen molar-refractivity contribution in [2.45, 2.75) is 31.5 Å². The SMILES string of the molecule is N#CC(CN1CCCC1CC(=O)O)C(F)(F)F. The van der Waals surface area contributed by atoms with Gasteiger partial charge < -0.3 is 5.11 Å². The van der Waals surface area contributed by atoms with Crippen molar-refractivity contribution in [3.63, 3.8) is 0 Å². The van der Waals surface area contributed by atoms with E-state index in [0.717, 1.165) is 0 Å². The van der Waals surface area contributed by atoms with Crippen molar-refractivity contribution in [1.29, 1.82) is 5.26 Å². The van der Waals surface area contributed by atoms with Gasteiger partial charge in [0.2, 0.25) is 0 Å². The first-order chi connectivity index (χ1) is 7.84. The summed E-state index contributed by atoms with van der Waals surface area (Å²) in [6, 6.07) is 0.845. The molecular weight excluding hydrogens is 237 g/mol. The molecule has 0 spiro atoms. The van der Waals surface area contributed by atoms with Gasteiger partial charge in [-0.2, -0.15) is 18.4 Å². The molecule has 0 aromatic heterocycles. The maximum absolute atomic E-state index is 12.4. The summed E-state index contributed by atoms with van der Waals surface area (Å²) in [6.45, 7) is -0.00977. The van der Waals surface area contributed by atoms with Gasteiger partial charge in [0.15, 0.2) is 5.92 Å². The molecule has 17 heavy (non-hydrogen) atoms. The molecule has 0 bridgehead atoms. The van der Waals surface area contributed by atoms with Gasteiger partial charge in [-0.1, -0.05) is 0 Å². The van der Waals surface area contributed by atoms with Gasteiger partial charge in [0.25, 0.3) is 0 Å². The highest BCUT2D eigenvalue weighted by Gasteiger charge is 2.42. The standard InChI is InChI=1S/C10H13F3N2O2/c11-10(12,13)7(5-14)6-15-3-1-2-8(15)4-9(16)17/h7-8H,1-4,6H2,(H,16,17). The second-order valence-corrected chi connectivity index (χ2v) is 4.11. The second kappa shape index (κ2) is 5.36. The second-order valence-electron chi connectivity index (χ2n) is 4.11. The Kier molecular flexibility index (Phi) is 4.34. The highest BCUT2D eigenvalue weighted by Crippen LogP contribution is 2.29. The monoisotopic (exact) mass is 250 g/mol. The molecular formula is C10H13F3N2O2. The van der Waals surface area contributed by atoms with E-state index in [4.69, 9.17) is 10.4 Å². The third-order valence-corrected chi connectivity index (χ3v) is 2.88. The van der Waals surface area contributed by atoms with Gasteiger partial charge in [0.1, 0.15) is 0 Å². The number of carboxylic acids is 1. The van der Waals surface area contributed by atoms with E-state index in [0.29, 0.717) is 19.4 Å². The topological polar surface area (TPSA) is 64.3 Å². The lowest BCUT2D eigenvalue weighted by molar-refractivity contribution is -0.163. The fraction of sp³-hybridized carbons (Fsp3) is 0.800. The van der Waals surface area contributed by atoms with Gasteiger partial charge in [-0.3, -0.25) is 9.69 Å². The average molecular weight is 250 g/mol. The highest BCUT2D eigenvalue weighted by molar-refractivity contribution is 5.67. The number of carboxylic acid groups (broad SMARTS) is 1. The normalized spacial score (nSPS) is 23.3. The minimum atomic E-state index is -4.55. The number of aliphatic carboxylic acids is 1. The number of halogens is 3. The van der Waals surface area contributed by atoms with E-state index in [-0.39, 0.29) is 12.5 Å². The number of nitrogens with zero attached hydrogens (tertiary/aromatic N) is 2. The molecule has 0 aromatic carbocycles. The van der Waals surface area contributed by atoms with Gasteiger partial charge in [-0.15, -0.1) is 0 Å². The lowest BCUT2D eigenvalue weighted by Crippen LogP contribution is -2.39. The van der Waals surface area contributed by atoms with Crippen LogP contribution in [0.15, 0.2) is 0 Å². The zero-order valence-corrected chi connectivity index (χ0v) is 9.07. The average Bonchev–Trinajstić information content (AvgIpc) is 2.59. The number of alkyl halides is 3. The van der Waals surface area contributed by atoms with Crippen molar-refractivity contribution in [3.8, 4) is 6.07 Å². The predicted octanol–water partition coefficient (Wildman–Crippen LogP) is 1.63. The fourth-order valence-corrected chi connectivity index (χ4v) is 2.02. The largest absolute Gasteiger partial charge is 0.481 e. The van der Waals surface area contributed by atoms with Crippen molar-refractivity contribution in [1.82, 2.24) is 4.90 Å². The van der Waals surface area contributed by atoms with E-state index in [1.165, 1.54) is 11.0 Å². The van der Waals surface area contributed by atoms with Crippen LogP contribution in [0.4, 0.5) is 13.2 Å². The molecule has 2 atom stereocenters. The van der Waals surface area contributed by atoms with Crippen LogP contribution >= 0.6 is 0 Å². The Hall–Kier alpha value is -1.29. The fourth-order valence-electron chi connectivity index (χ4n) is 2.02. The molecule has 0 radical (unpaired) electrons. The van der Waals surface area contributed by atoms with Crippen LogP contribution in [0.5, 0.6) is 0 Å². The van der Waals surface area contributed by atoms with Crippen LogP contribution in [-0.4, -0.2) is 41.3 Å². The van der Waals surface area contributed by atoms with Gasteiger partial charge >= 0.3 is 12.1 Å². The molecule has 1 aliphatic heterocycles. The smallest absolute Gasteiger partial charge is 0.405 e.